The summed E-state index contributed by atoms with van der Waals surface area (Å²) in [6, 6.07) is 10.7. The average molecular weight is 402 g/mol. The van der Waals surface area contributed by atoms with Gasteiger partial charge in [0.1, 0.15) is 15.8 Å². The Labute approximate surface area is 166 Å². The van der Waals surface area contributed by atoms with Crippen LogP contribution in [0.5, 0.6) is 5.75 Å². The summed E-state index contributed by atoms with van der Waals surface area (Å²) in [4.78, 5) is 26.6. The number of carbonyl (C=O) groups excluding carboxylic acids is 2. The van der Waals surface area contributed by atoms with Crippen LogP contribution in [-0.4, -0.2) is 34.7 Å². The first-order valence-corrected chi connectivity index (χ1v) is 9.52. The van der Waals surface area contributed by atoms with Crippen molar-refractivity contribution in [3.05, 3.63) is 53.3 Å². The predicted molar refractivity (Wildman–Crippen MR) is 109 cm³/mol. The Bertz CT molecular complexity index is 878. The number of anilines is 1. The molecule has 0 saturated carbocycles. The number of rotatable bonds is 7. The molecule has 1 aliphatic rings. The maximum Gasteiger partial charge on any atom is 0.266 e. The van der Waals surface area contributed by atoms with E-state index in [4.69, 9.17) is 21.4 Å². The van der Waals surface area contributed by atoms with E-state index in [1.807, 2.05) is 0 Å². The van der Waals surface area contributed by atoms with Gasteiger partial charge in [-0.05, 0) is 30.7 Å². The number of furan rings is 1. The van der Waals surface area contributed by atoms with Crippen LogP contribution in [0.15, 0.2) is 52.0 Å². The van der Waals surface area contributed by atoms with Gasteiger partial charge in [0, 0.05) is 30.8 Å². The normalized spacial score (nSPS) is 15.4. The number of amides is 2. The third kappa shape index (κ3) is 4.99. The van der Waals surface area contributed by atoms with Crippen LogP contribution in [0.3, 0.4) is 0 Å². The van der Waals surface area contributed by atoms with Crippen LogP contribution >= 0.6 is 24.0 Å². The maximum absolute atomic E-state index is 12.5. The molecule has 140 valence electrons. The Balaban J connectivity index is 1.50. The number of thiocarbonyl (C=S) groups is 1. The van der Waals surface area contributed by atoms with Gasteiger partial charge in [0.05, 0.1) is 18.3 Å². The van der Waals surface area contributed by atoms with Gasteiger partial charge in [0.2, 0.25) is 5.91 Å². The van der Waals surface area contributed by atoms with Crippen molar-refractivity contribution in [1.82, 2.24) is 4.90 Å². The molecule has 0 spiro atoms. The minimum absolute atomic E-state index is 0.125. The van der Waals surface area contributed by atoms with Crippen molar-refractivity contribution in [3.63, 3.8) is 0 Å². The minimum atomic E-state index is -0.158. The molecule has 2 heterocycles. The smallest absolute Gasteiger partial charge is 0.266 e. The molecule has 1 fully saturated rings. The largest absolute Gasteiger partial charge is 0.497 e. The van der Waals surface area contributed by atoms with Crippen molar-refractivity contribution in [2.75, 3.05) is 19.0 Å². The number of hydrogen-bond acceptors (Lipinski definition) is 6. The lowest BCUT2D eigenvalue weighted by Crippen LogP contribution is -2.29. The molecule has 6 nitrogen and oxygen atoms in total. The van der Waals surface area contributed by atoms with Gasteiger partial charge in [-0.25, -0.2) is 0 Å². The fourth-order valence-electron chi connectivity index (χ4n) is 2.52. The number of ether oxygens (including phenoxy) is 1. The molecule has 1 aliphatic heterocycles. The van der Waals surface area contributed by atoms with Gasteiger partial charge in [-0.3, -0.25) is 14.5 Å². The summed E-state index contributed by atoms with van der Waals surface area (Å²) in [5, 5.41) is 2.82. The fourth-order valence-corrected chi connectivity index (χ4v) is 3.81. The molecule has 1 aromatic carbocycles. The van der Waals surface area contributed by atoms with Crippen LogP contribution in [0, 0.1) is 0 Å². The van der Waals surface area contributed by atoms with E-state index in [1.165, 1.54) is 16.7 Å². The van der Waals surface area contributed by atoms with Gasteiger partial charge in [-0.1, -0.05) is 30.0 Å². The van der Waals surface area contributed by atoms with Crippen molar-refractivity contribution >= 4 is 51.9 Å². The van der Waals surface area contributed by atoms with Crippen LogP contribution in [0.25, 0.3) is 6.08 Å². The molecule has 1 saturated heterocycles. The van der Waals surface area contributed by atoms with Gasteiger partial charge < -0.3 is 14.5 Å². The molecule has 0 bridgehead atoms. The average Bonchev–Trinajstić information content (AvgIpc) is 3.25. The van der Waals surface area contributed by atoms with E-state index in [-0.39, 0.29) is 18.2 Å². The van der Waals surface area contributed by atoms with Crippen LogP contribution in [0.2, 0.25) is 0 Å². The van der Waals surface area contributed by atoms with Crippen molar-refractivity contribution in [3.8, 4) is 5.75 Å². The first-order chi connectivity index (χ1) is 13.1. The zero-order valence-electron chi connectivity index (χ0n) is 14.6. The van der Waals surface area contributed by atoms with E-state index in [2.05, 4.69) is 5.32 Å². The number of benzene rings is 1. The molecule has 0 unspecified atom stereocenters. The van der Waals surface area contributed by atoms with E-state index in [9.17, 15) is 9.59 Å². The summed E-state index contributed by atoms with van der Waals surface area (Å²) in [6.45, 7) is 0.395. The fraction of sp³-hybridized carbons (Fsp3) is 0.211. The highest BCUT2D eigenvalue weighted by Crippen LogP contribution is 2.32. The van der Waals surface area contributed by atoms with Gasteiger partial charge in [-0.15, -0.1) is 0 Å². The topological polar surface area (TPSA) is 71.8 Å². The highest BCUT2D eigenvalue weighted by Gasteiger charge is 2.31. The zero-order chi connectivity index (χ0) is 19.2. The van der Waals surface area contributed by atoms with Crippen LogP contribution in [0.1, 0.15) is 18.6 Å². The third-order valence-electron chi connectivity index (χ3n) is 3.83. The first kappa shape index (κ1) is 19.2. The van der Waals surface area contributed by atoms with Crippen molar-refractivity contribution in [2.24, 2.45) is 0 Å². The molecule has 0 atom stereocenters. The molecule has 0 radical (unpaired) electrons. The van der Waals surface area contributed by atoms with Crippen LogP contribution < -0.4 is 10.1 Å². The lowest BCUT2D eigenvalue weighted by atomic mass is 10.2. The van der Waals surface area contributed by atoms with Crippen molar-refractivity contribution < 1.29 is 18.7 Å². The molecule has 2 amide bonds. The molecule has 2 aromatic rings. The Kier molecular flexibility index (Phi) is 6.31. The minimum Gasteiger partial charge on any atom is -0.497 e. The van der Waals surface area contributed by atoms with Crippen LogP contribution in [0.4, 0.5) is 5.69 Å². The summed E-state index contributed by atoms with van der Waals surface area (Å²) in [5.41, 5.74) is 0.673. The standard InChI is InChI=1S/C19H18N2O4S2/c1-24-14-6-2-5-13(11-14)20-17(22)8-3-9-21-18(23)16(27-19(21)26)12-15-7-4-10-25-15/h2,4-7,10-12H,3,8-9H2,1H3,(H,20,22)/b16-12-. The Morgan fingerprint density at radius 2 is 2.22 bits per heavy atom. The van der Waals surface area contributed by atoms with E-state index >= 15 is 0 Å². The second-order valence-electron chi connectivity index (χ2n) is 5.73. The Hall–Kier alpha value is -2.58. The summed E-state index contributed by atoms with van der Waals surface area (Å²) < 4.78 is 10.9. The number of methoxy groups -OCH3 is 1. The number of thioether (sulfide) groups is 1. The van der Waals surface area contributed by atoms with E-state index in [0.29, 0.717) is 39.4 Å². The van der Waals surface area contributed by atoms with Crippen LogP contribution in [-0.2, 0) is 9.59 Å². The number of nitrogens with zero attached hydrogens (tertiary/aromatic N) is 1. The Morgan fingerprint density at radius 3 is 2.96 bits per heavy atom. The summed E-state index contributed by atoms with van der Waals surface area (Å²) in [6.07, 6.45) is 4.02. The number of nitrogens with one attached hydrogen (secondary N) is 1. The van der Waals surface area contributed by atoms with E-state index < -0.39 is 0 Å². The second-order valence-corrected chi connectivity index (χ2v) is 7.41. The van der Waals surface area contributed by atoms with Gasteiger partial charge >= 0.3 is 0 Å². The highest BCUT2D eigenvalue weighted by atomic mass is 32.2. The predicted octanol–water partition coefficient (Wildman–Crippen LogP) is 3.91. The zero-order valence-corrected chi connectivity index (χ0v) is 16.3. The summed E-state index contributed by atoms with van der Waals surface area (Å²) in [7, 11) is 1.57. The lowest BCUT2D eigenvalue weighted by Gasteiger charge is -2.14. The quantitative estimate of drug-likeness (QED) is 0.559. The lowest BCUT2D eigenvalue weighted by molar-refractivity contribution is -0.122. The van der Waals surface area contributed by atoms with E-state index in [0.717, 1.165) is 0 Å². The second kappa shape index (κ2) is 8.88. The van der Waals surface area contributed by atoms with Gasteiger partial charge in [0.15, 0.2) is 0 Å². The third-order valence-corrected chi connectivity index (χ3v) is 5.21. The molecular weight excluding hydrogens is 384 g/mol. The SMILES string of the molecule is COc1cccc(NC(=O)CCCN2C(=O)/C(=C/c3ccco3)SC2=S)c1. The van der Waals surface area contributed by atoms with Crippen molar-refractivity contribution in [2.45, 2.75) is 12.8 Å². The molecule has 1 aromatic heterocycles. The van der Waals surface area contributed by atoms with Crippen molar-refractivity contribution in [1.29, 1.82) is 0 Å². The molecule has 1 N–H and O–H groups in total. The highest BCUT2D eigenvalue weighted by molar-refractivity contribution is 8.26. The molecule has 8 heteroatoms. The monoisotopic (exact) mass is 402 g/mol. The molecular formula is C19H18N2O4S2. The van der Waals surface area contributed by atoms with Gasteiger partial charge in [0.25, 0.3) is 5.91 Å². The maximum atomic E-state index is 12.5. The Morgan fingerprint density at radius 1 is 1.37 bits per heavy atom. The summed E-state index contributed by atoms with van der Waals surface area (Å²) >= 11 is 6.52. The molecule has 27 heavy (non-hydrogen) atoms. The molecule has 0 aliphatic carbocycles. The number of carbonyl (C=O) groups is 2. The van der Waals surface area contributed by atoms with Gasteiger partial charge in [-0.2, -0.15) is 0 Å². The number of hydrogen-bond donors (Lipinski definition) is 1. The molecule has 3 rings (SSSR count). The first-order valence-electron chi connectivity index (χ1n) is 8.29. The van der Waals surface area contributed by atoms with E-state index in [1.54, 1.807) is 55.8 Å². The summed E-state index contributed by atoms with van der Waals surface area (Å²) in [5.74, 6) is 0.997.